The zero-order valence-corrected chi connectivity index (χ0v) is 15.5. The number of hydrogen-bond donors (Lipinski definition) is 2. The molecular weight excluding hydrogens is 320 g/mol. The number of hydrogen-bond acceptors (Lipinski definition) is 2. The van der Waals surface area contributed by atoms with Crippen molar-refractivity contribution in [1.29, 1.82) is 0 Å². The van der Waals surface area contributed by atoms with E-state index in [9.17, 15) is 10.2 Å². The molecule has 0 fully saturated rings. The van der Waals surface area contributed by atoms with Gasteiger partial charge in [-0.3, -0.25) is 0 Å². The van der Waals surface area contributed by atoms with Crippen LogP contribution in [0, 0.1) is 0 Å². The molecule has 132 valence electrons. The number of rotatable bonds is 2. The molecule has 2 N–H and O–H groups in total. The molecule has 0 saturated carbocycles. The first-order valence-corrected chi connectivity index (χ1v) is 9.04. The molecule has 1 atom stereocenters. The predicted octanol–water partition coefficient (Wildman–Crippen LogP) is 5.75. The van der Waals surface area contributed by atoms with Gasteiger partial charge in [0.15, 0.2) is 0 Å². The second kappa shape index (κ2) is 5.63. The first-order chi connectivity index (χ1) is 12.3. The lowest BCUT2D eigenvalue weighted by atomic mass is 9.75. The Hall–Kier alpha value is -2.74. The molecule has 2 nitrogen and oxygen atoms in total. The molecule has 0 spiro atoms. The maximum atomic E-state index is 10.3. The fourth-order valence-corrected chi connectivity index (χ4v) is 4.64. The summed E-state index contributed by atoms with van der Waals surface area (Å²) in [6.07, 6.45) is 1.00. The Bertz CT molecular complexity index is 970. The van der Waals surface area contributed by atoms with Crippen LogP contribution >= 0.6 is 0 Å². The smallest absolute Gasteiger partial charge is 0.123 e. The minimum absolute atomic E-state index is 0.0687. The van der Waals surface area contributed by atoms with Crippen LogP contribution in [0.4, 0.5) is 0 Å². The molecule has 0 aromatic heterocycles. The summed E-state index contributed by atoms with van der Waals surface area (Å²) >= 11 is 0. The summed E-state index contributed by atoms with van der Waals surface area (Å²) in [5, 5.41) is 19.9. The molecule has 1 aliphatic carbocycles. The lowest BCUT2D eigenvalue weighted by Gasteiger charge is -2.28. The Balaban J connectivity index is 1.92. The van der Waals surface area contributed by atoms with Gasteiger partial charge in [-0.2, -0.15) is 0 Å². The van der Waals surface area contributed by atoms with Gasteiger partial charge in [0.1, 0.15) is 11.5 Å². The molecule has 0 bridgehead atoms. The Morgan fingerprint density at radius 1 is 0.769 bits per heavy atom. The monoisotopic (exact) mass is 344 g/mol. The van der Waals surface area contributed by atoms with Crippen LogP contribution in [0.15, 0.2) is 66.7 Å². The van der Waals surface area contributed by atoms with Crippen molar-refractivity contribution in [1.82, 2.24) is 0 Å². The number of phenols is 2. The van der Waals surface area contributed by atoms with Gasteiger partial charge >= 0.3 is 0 Å². The van der Waals surface area contributed by atoms with Crippen LogP contribution < -0.4 is 0 Å². The highest BCUT2D eigenvalue weighted by Crippen LogP contribution is 2.53. The van der Waals surface area contributed by atoms with E-state index in [4.69, 9.17) is 0 Å². The summed E-state index contributed by atoms with van der Waals surface area (Å²) in [4.78, 5) is 0. The molecule has 0 heterocycles. The number of fused-ring (bicyclic) bond motifs is 1. The van der Waals surface area contributed by atoms with E-state index in [1.54, 1.807) is 18.2 Å². The summed E-state index contributed by atoms with van der Waals surface area (Å²) in [5.74, 6) is 0.592. The van der Waals surface area contributed by atoms with Gasteiger partial charge in [0, 0.05) is 11.0 Å². The third-order valence-corrected chi connectivity index (χ3v) is 5.86. The van der Waals surface area contributed by atoms with Crippen LogP contribution in [0.25, 0.3) is 11.1 Å². The molecule has 3 aromatic carbocycles. The number of phenolic OH excluding ortho intramolecular Hbond substituents is 2. The fourth-order valence-electron chi connectivity index (χ4n) is 4.64. The van der Waals surface area contributed by atoms with E-state index in [1.807, 2.05) is 30.3 Å². The molecule has 1 aliphatic rings. The maximum Gasteiger partial charge on any atom is 0.123 e. The predicted molar refractivity (Wildman–Crippen MR) is 106 cm³/mol. The van der Waals surface area contributed by atoms with Gasteiger partial charge < -0.3 is 10.2 Å². The SMILES string of the molecule is CC1(C)CC(C)(c2ccc(O)cc2)c2cc(-c3ccccc3O)ccc21. The van der Waals surface area contributed by atoms with Crippen LogP contribution in [0.3, 0.4) is 0 Å². The van der Waals surface area contributed by atoms with Crippen molar-refractivity contribution in [2.75, 3.05) is 0 Å². The van der Waals surface area contributed by atoms with Crippen molar-refractivity contribution in [3.8, 4) is 22.6 Å². The average molecular weight is 344 g/mol. The Kier molecular flexibility index (Phi) is 3.62. The number of aromatic hydroxyl groups is 2. The molecule has 0 radical (unpaired) electrons. The van der Waals surface area contributed by atoms with Crippen LogP contribution in [0.2, 0.25) is 0 Å². The largest absolute Gasteiger partial charge is 0.508 e. The molecule has 3 aromatic rings. The van der Waals surface area contributed by atoms with Crippen molar-refractivity contribution < 1.29 is 10.2 Å². The molecule has 1 unspecified atom stereocenters. The quantitative estimate of drug-likeness (QED) is 0.621. The maximum absolute atomic E-state index is 10.3. The Labute approximate surface area is 154 Å². The lowest BCUT2D eigenvalue weighted by Crippen LogP contribution is -2.23. The lowest BCUT2D eigenvalue weighted by molar-refractivity contribution is 0.424. The van der Waals surface area contributed by atoms with Gasteiger partial charge in [0.05, 0.1) is 0 Å². The van der Waals surface area contributed by atoms with Gasteiger partial charge in [0.25, 0.3) is 0 Å². The van der Waals surface area contributed by atoms with Crippen LogP contribution in [-0.4, -0.2) is 10.2 Å². The zero-order chi connectivity index (χ0) is 18.5. The van der Waals surface area contributed by atoms with E-state index in [0.717, 1.165) is 17.5 Å². The first-order valence-electron chi connectivity index (χ1n) is 9.04. The van der Waals surface area contributed by atoms with Crippen LogP contribution in [-0.2, 0) is 10.8 Å². The van der Waals surface area contributed by atoms with Crippen molar-refractivity contribution in [3.05, 3.63) is 83.4 Å². The van der Waals surface area contributed by atoms with E-state index in [1.165, 1.54) is 16.7 Å². The summed E-state index contributed by atoms with van der Waals surface area (Å²) < 4.78 is 0. The first kappa shape index (κ1) is 16.7. The van der Waals surface area contributed by atoms with E-state index in [0.29, 0.717) is 5.75 Å². The van der Waals surface area contributed by atoms with Crippen molar-refractivity contribution in [2.45, 2.75) is 38.0 Å². The van der Waals surface area contributed by atoms with Crippen molar-refractivity contribution in [3.63, 3.8) is 0 Å². The third-order valence-electron chi connectivity index (χ3n) is 5.86. The van der Waals surface area contributed by atoms with Gasteiger partial charge in [-0.25, -0.2) is 0 Å². The standard InChI is InChI=1S/C24H24O2/c1-23(2)15-24(3,17-9-11-18(25)12-10-17)21-14-16(8-13-20(21)23)19-6-4-5-7-22(19)26/h4-14,25-26H,15H2,1-3H3. The van der Waals surface area contributed by atoms with Gasteiger partial charge in [-0.15, -0.1) is 0 Å². The molecule has 0 saturated heterocycles. The molecule has 0 amide bonds. The number of para-hydroxylation sites is 1. The van der Waals surface area contributed by atoms with E-state index in [2.05, 4.69) is 39.0 Å². The summed E-state index contributed by atoms with van der Waals surface area (Å²) in [5.41, 5.74) is 5.68. The van der Waals surface area contributed by atoms with Crippen LogP contribution in [0.1, 0.15) is 43.9 Å². The van der Waals surface area contributed by atoms with Gasteiger partial charge in [0.2, 0.25) is 0 Å². The van der Waals surface area contributed by atoms with Gasteiger partial charge in [-0.05, 0) is 58.4 Å². The summed E-state index contributed by atoms with van der Waals surface area (Å²) in [6, 6.07) is 21.6. The van der Waals surface area contributed by atoms with Crippen LogP contribution in [0.5, 0.6) is 11.5 Å². The summed E-state index contributed by atoms with van der Waals surface area (Å²) in [6.45, 7) is 6.86. The third kappa shape index (κ3) is 2.48. The molecule has 26 heavy (non-hydrogen) atoms. The Morgan fingerprint density at radius 2 is 1.46 bits per heavy atom. The van der Waals surface area contributed by atoms with E-state index >= 15 is 0 Å². The minimum Gasteiger partial charge on any atom is -0.508 e. The van der Waals surface area contributed by atoms with Crippen molar-refractivity contribution in [2.24, 2.45) is 0 Å². The second-order valence-corrected chi connectivity index (χ2v) is 8.22. The van der Waals surface area contributed by atoms with Crippen molar-refractivity contribution >= 4 is 0 Å². The highest BCUT2D eigenvalue weighted by atomic mass is 16.3. The molecule has 4 rings (SSSR count). The van der Waals surface area contributed by atoms with E-state index < -0.39 is 0 Å². The molecular formula is C24H24O2. The second-order valence-electron chi connectivity index (χ2n) is 8.22. The summed E-state index contributed by atoms with van der Waals surface area (Å²) in [7, 11) is 0. The fraction of sp³-hybridized carbons (Fsp3) is 0.250. The topological polar surface area (TPSA) is 40.5 Å². The highest BCUT2D eigenvalue weighted by molar-refractivity contribution is 5.72. The number of benzene rings is 3. The normalized spacial score (nSPS) is 20.7. The highest BCUT2D eigenvalue weighted by Gasteiger charge is 2.45. The molecule has 0 aliphatic heterocycles. The minimum atomic E-state index is -0.132. The van der Waals surface area contributed by atoms with E-state index in [-0.39, 0.29) is 16.6 Å². The zero-order valence-electron chi connectivity index (χ0n) is 15.5. The Morgan fingerprint density at radius 3 is 2.15 bits per heavy atom. The average Bonchev–Trinajstić information content (AvgIpc) is 2.82. The van der Waals surface area contributed by atoms with Gasteiger partial charge in [-0.1, -0.05) is 63.2 Å². The molecule has 2 heteroatoms.